The number of aromatic nitrogens is 4. The molecule has 70 heavy (non-hydrogen) atoms. The molecule has 0 aliphatic heterocycles. The van der Waals surface area contributed by atoms with E-state index in [1.54, 1.807) is 0 Å². The van der Waals surface area contributed by atoms with Gasteiger partial charge in [0.05, 0.1) is 31.3 Å². The van der Waals surface area contributed by atoms with Gasteiger partial charge >= 0.3 is 29.8 Å². The number of amides is 6. The Labute approximate surface area is 397 Å². The fraction of sp³-hybridized carbons (Fsp3) is 0.308. The number of nitrogens with zero attached hydrogens (tertiary/aromatic N) is 3. The Hall–Kier alpha value is -9.34. The molecule has 0 fully saturated rings. The van der Waals surface area contributed by atoms with Crippen molar-refractivity contribution in [2.24, 2.45) is 5.73 Å². The second-order valence-electron chi connectivity index (χ2n) is 14.2. The second-order valence-corrected chi connectivity index (χ2v) is 14.5. The molecule has 2 heterocycles. The minimum absolute atomic E-state index is 0.0180. The van der Waals surface area contributed by atoms with Gasteiger partial charge in [-0.25, -0.2) is 24.4 Å². The van der Waals surface area contributed by atoms with Gasteiger partial charge in [-0.1, -0.05) is 5.92 Å². The van der Waals surface area contributed by atoms with E-state index in [0.29, 0.717) is 11.4 Å². The molecule has 0 aliphatic carbocycles. The summed E-state index contributed by atoms with van der Waals surface area (Å²) in [7, 11) is 0. The number of carboxylic acids is 5. The third-order valence-corrected chi connectivity index (χ3v) is 9.33. The van der Waals surface area contributed by atoms with Crippen molar-refractivity contribution in [1.29, 1.82) is 0 Å². The maximum Gasteiger partial charge on any atom is 0.381 e. The topological polar surface area (TPSA) is 497 Å². The van der Waals surface area contributed by atoms with Crippen molar-refractivity contribution in [3.8, 4) is 11.8 Å². The Kier molecular flexibility index (Phi) is 20.5. The van der Waals surface area contributed by atoms with Crippen molar-refractivity contribution in [3.05, 3.63) is 64.3 Å². The summed E-state index contributed by atoms with van der Waals surface area (Å²) < 4.78 is 0. The number of aromatic amines is 1. The summed E-state index contributed by atoms with van der Waals surface area (Å²) >= 11 is 3.80. The van der Waals surface area contributed by atoms with Gasteiger partial charge in [0.15, 0.2) is 17.2 Å². The molecule has 372 valence electrons. The zero-order valence-electron chi connectivity index (χ0n) is 35.8. The molecule has 6 amide bonds. The third kappa shape index (κ3) is 17.5. The van der Waals surface area contributed by atoms with Crippen LogP contribution in [0.15, 0.2) is 47.5 Å². The number of carboxylic acid groups (broad SMARTS) is 5. The highest BCUT2D eigenvalue weighted by Crippen LogP contribution is 2.13. The average Bonchev–Trinajstić information content (AvgIpc) is 3.28. The molecule has 1 aromatic carbocycles. The predicted molar refractivity (Wildman–Crippen MR) is 239 cm³/mol. The van der Waals surface area contributed by atoms with Crippen LogP contribution in [0, 0.1) is 11.8 Å². The number of nitrogens with one attached hydrogen (secondary N) is 8. The highest BCUT2D eigenvalue weighted by molar-refractivity contribution is 7.80. The number of carbonyl (C=O) groups excluding carboxylic acids is 6. The first-order chi connectivity index (χ1) is 33.0. The number of H-pyrrole nitrogens is 1. The van der Waals surface area contributed by atoms with Gasteiger partial charge < -0.3 is 74.2 Å². The van der Waals surface area contributed by atoms with E-state index in [9.17, 15) is 78.0 Å². The molecule has 30 nitrogen and oxygen atoms in total. The molecular weight excluding hydrogens is 955 g/mol. The smallest absolute Gasteiger partial charge is 0.381 e. The molecule has 6 atom stereocenters. The lowest BCUT2D eigenvalue weighted by molar-refractivity contribution is -0.142. The lowest BCUT2D eigenvalue weighted by atomic mass is 10.1. The molecule has 3 rings (SSSR count). The zero-order valence-corrected chi connectivity index (χ0v) is 36.7. The van der Waals surface area contributed by atoms with Crippen molar-refractivity contribution in [3.63, 3.8) is 0 Å². The summed E-state index contributed by atoms with van der Waals surface area (Å²) in [5.74, 6) is -13.3. The Morgan fingerprint density at radius 3 is 1.91 bits per heavy atom. The lowest BCUT2D eigenvalue weighted by Gasteiger charge is -2.24. The summed E-state index contributed by atoms with van der Waals surface area (Å²) in [6.45, 7) is 0.0807. The fourth-order valence-corrected chi connectivity index (χ4v) is 5.86. The minimum atomic E-state index is -2.31. The lowest BCUT2D eigenvalue weighted by Crippen LogP contribution is -2.59. The van der Waals surface area contributed by atoms with Crippen LogP contribution in [0.5, 0.6) is 0 Å². The first kappa shape index (κ1) is 55.0. The van der Waals surface area contributed by atoms with E-state index in [0.717, 1.165) is 12.3 Å². The molecule has 0 saturated heterocycles. The number of carbonyl (C=O) groups is 11. The number of anilines is 2. The van der Waals surface area contributed by atoms with Gasteiger partial charge in [0.1, 0.15) is 30.2 Å². The van der Waals surface area contributed by atoms with Gasteiger partial charge in [0.2, 0.25) is 29.6 Å². The number of aliphatic carboxylic acids is 5. The molecule has 0 unspecified atom stereocenters. The molecule has 0 radical (unpaired) electrons. The zero-order chi connectivity index (χ0) is 52.2. The van der Waals surface area contributed by atoms with E-state index in [-0.39, 0.29) is 29.2 Å². The summed E-state index contributed by atoms with van der Waals surface area (Å²) in [5.41, 5.74) is 11.0. The summed E-state index contributed by atoms with van der Waals surface area (Å²) in [5, 5.41) is 62.1. The van der Waals surface area contributed by atoms with Crippen LogP contribution >= 0.6 is 12.6 Å². The summed E-state index contributed by atoms with van der Waals surface area (Å²) in [6.07, 6.45) is -0.795. The Morgan fingerprint density at radius 1 is 0.743 bits per heavy atom. The molecule has 0 spiro atoms. The minimum Gasteiger partial charge on any atom is -0.481 e. The predicted octanol–water partition coefficient (Wildman–Crippen LogP) is -5.18. The number of nitrogen functional groups attached to an aromatic ring is 1. The molecule has 2 aromatic heterocycles. The van der Waals surface area contributed by atoms with E-state index in [4.69, 9.17) is 16.6 Å². The van der Waals surface area contributed by atoms with Crippen LogP contribution in [0.1, 0.15) is 41.7 Å². The molecule has 0 aliphatic rings. The van der Waals surface area contributed by atoms with Gasteiger partial charge in [-0.05, 0) is 43.0 Å². The molecule has 17 N–H and O–H groups in total. The maximum atomic E-state index is 13.3. The number of hydrogen-bond donors (Lipinski definition) is 16. The molecule has 0 bridgehead atoms. The second kappa shape index (κ2) is 26.1. The molecular formula is C39H43N13O17S. The van der Waals surface area contributed by atoms with Crippen molar-refractivity contribution in [2.45, 2.75) is 68.5 Å². The van der Waals surface area contributed by atoms with Crippen molar-refractivity contribution < 1.29 is 78.3 Å². The summed E-state index contributed by atoms with van der Waals surface area (Å²) in [4.78, 5) is 163. The van der Waals surface area contributed by atoms with Crippen LogP contribution in [0.25, 0.3) is 11.2 Å². The third-order valence-electron chi connectivity index (χ3n) is 8.97. The van der Waals surface area contributed by atoms with E-state index in [1.165, 1.54) is 36.4 Å². The molecule has 3 aromatic rings. The van der Waals surface area contributed by atoms with Gasteiger partial charge in [0, 0.05) is 29.3 Å². The van der Waals surface area contributed by atoms with Crippen LogP contribution in [0.2, 0.25) is 0 Å². The number of benzene rings is 1. The number of fused-ring (bicyclic) bond motifs is 1. The van der Waals surface area contributed by atoms with E-state index in [2.05, 4.69) is 43.2 Å². The molecule has 0 saturated carbocycles. The largest absolute Gasteiger partial charge is 0.481 e. The quantitative estimate of drug-likeness (QED) is 0.0279. The SMILES string of the molecule is N/C=C/[C@H](NC(=O)[C@H](CC(=O)O)NC(=O)[C@H](C#CC(=O)O)NC(=O)[C@H](CC(=O)O)NC(=O)CC[C@H](NC(=O)c1ccc(NCc2cnc3nc(N)[nH]c(=O)c3n2)cc1)C(=O)O)C(=O)N[C@@H](CS)C(=O)O. The van der Waals surface area contributed by atoms with Gasteiger partial charge in [-0.2, -0.15) is 17.6 Å². The summed E-state index contributed by atoms with van der Waals surface area (Å²) in [6, 6.07) is -5.94. The number of rotatable bonds is 25. The Bertz CT molecular complexity index is 2690. The monoisotopic (exact) mass is 997 g/mol. The van der Waals surface area contributed by atoms with Gasteiger partial charge in [-0.15, -0.1) is 0 Å². The van der Waals surface area contributed by atoms with Crippen LogP contribution < -0.4 is 54.2 Å². The fourth-order valence-electron chi connectivity index (χ4n) is 5.61. The van der Waals surface area contributed by atoms with Crippen molar-refractivity contribution in [1.82, 2.24) is 51.8 Å². The average molecular weight is 998 g/mol. The number of thiol groups is 1. The highest BCUT2D eigenvalue weighted by Gasteiger charge is 2.33. The standard InChI is InChI=1S/C39H43N13O17S/c40-10-9-20(33(62)50-24(15-70)38(68)69)47-35(64)23(12-28(58)59)49-32(61)19(6-8-26(54)55)46-34(63)22(11-27(56)57)45-25(53)7-5-21(37(66)67)48-31(60)16-1-3-17(4-2-16)42-13-18-14-43-30-29(44-18)36(65)52-39(41)51-30/h1-4,9-10,14,19-24,42,70H,5,7,11-13,15,40H2,(H,45,53)(H,46,63)(H,47,64)(H,48,60)(H,49,61)(H,50,62)(H,54,55)(H,56,57)(H,58,59)(H,66,67)(H,68,69)(H3,41,43,51,52,65)/b10-9+/t19-,20-,21-,22-,23-,24-/m0/s1. The Morgan fingerprint density at radius 2 is 1.34 bits per heavy atom. The maximum absolute atomic E-state index is 13.3. The van der Waals surface area contributed by atoms with E-state index >= 15 is 0 Å². The van der Waals surface area contributed by atoms with Crippen LogP contribution in [-0.2, 0) is 54.5 Å². The normalized spacial score (nSPS) is 13.3. The van der Waals surface area contributed by atoms with Gasteiger partial charge in [0.25, 0.3) is 17.4 Å². The van der Waals surface area contributed by atoms with E-state index in [1.807, 2.05) is 32.5 Å². The number of hydrogen-bond acceptors (Lipinski definition) is 19. The Balaban J connectivity index is 1.68. The van der Waals surface area contributed by atoms with Crippen LogP contribution in [0.4, 0.5) is 11.6 Å². The van der Waals surface area contributed by atoms with Crippen molar-refractivity contribution >= 4 is 101 Å². The molecule has 31 heteroatoms. The first-order valence-corrected chi connectivity index (χ1v) is 20.4. The van der Waals surface area contributed by atoms with Crippen molar-refractivity contribution in [2.75, 3.05) is 16.8 Å². The first-order valence-electron chi connectivity index (χ1n) is 19.8. The van der Waals surface area contributed by atoms with E-state index < -0.39 is 139 Å². The highest BCUT2D eigenvalue weighted by atomic mass is 32.1. The van der Waals surface area contributed by atoms with Crippen LogP contribution in [-0.4, -0.2) is 153 Å². The van der Waals surface area contributed by atoms with Crippen LogP contribution in [0.3, 0.4) is 0 Å². The number of nitrogens with two attached hydrogens (primary N) is 2. The van der Waals surface area contributed by atoms with Gasteiger partial charge in [-0.3, -0.25) is 48.1 Å².